The molecule has 1 fully saturated rings. The van der Waals surface area contributed by atoms with E-state index < -0.39 is 0 Å². The first-order chi connectivity index (χ1) is 8.15. The van der Waals surface area contributed by atoms with Crippen molar-refractivity contribution in [1.29, 1.82) is 0 Å². The molecule has 0 amide bonds. The summed E-state index contributed by atoms with van der Waals surface area (Å²) in [6, 6.07) is 0.421. The second-order valence-corrected chi connectivity index (χ2v) is 6.65. The van der Waals surface area contributed by atoms with Gasteiger partial charge in [-0.15, -0.1) is 0 Å². The van der Waals surface area contributed by atoms with Gasteiger partial charge in [-0.05, 0) is 69.1 Å². The summed E-state index contributed by atoms with van der Waals surface area (Å²) in [5.74, 6) is 2.54. The fourth-order valence-corrected chi connectivity index (χ4v) is 3.92. The molecule has 2 aliphatic carbocycles. The van der Waals surface area contributed by atoms with E-state index in [2.05, 4.69) is 19.9 Å². The highest BCUT2D eigenvalue weighted by Crippen LogP contribution is 2.36. The molecular formula is C16H29N. The van der Waals surface area contributed by atoms with Crippen molar-refractivity contribution < 1.29 is 0 Å². The Balaban J connectivity index is 1.86. The summed E-state index contributed by atoms with van der Waals surface area (Å²) in [5, 5.41) is 0. The zero-order valence-corrected chi connectivity index (χ0v) is 11.6. The molecule has 0 radical (unpaired) electrons. The first kappa shape index (κ1) is 13.1. The molecule has 0 bridgehead atoms. The first-order valence-electron chi connectivity index (χ1n) is 7.58. The summed E-state index contributed by atoms with van der Waals surface area (Å²) in [7, 11) is 0. The quantitative estimate of drug-likeness (QED) is 0.726. The van der Waals surface area contributed by atoms with Gasteiger partial charge in [0.25, 0.3) is 0 Å². The van der Waals surface area contributed by atoms with E-state index in [9.17, 15) is 0 Å². The standard InChI is InChI=1S/C16H29N/c1-12-8-13(2)10-15(9-12)16(17)11-14-6-4-3-5-7-14/h6,12-13,15-16H,3-5,7-11,17H2,1-2H3. The molecule has 1 saturated carbocycles. The molecule has 0 heterocycles. The summed E-state index contributed by atoms with van der Waals surface area (Å²) >= 11 is 0. The number of allylic oxidation sites excluding steroid dienone is 1. The molecule has 1 nitrogen and oxygen atoms in total. The number of hydrogen-bond acceptors (Lipinski definition) is 1. The lowest BCUT2D eigenvalue weighted by atomic mass is 9.72. The Labute approximate surface area is 107 Å². The van der Waals surface area contributed by atoms with Crippen LogP contribution in [-0.2, 0) is 0 Å². The van der Waals surface area contributed by atoms with E-state index in [0.29, 0.717) is 6.04 Å². The molecule has 0 spiro atoms. The largest absolute Gasteiger partial charge is 0.327 e. The Bertz CT molecular complexity index is 259. The molecule has 2 N–H and O–H groups in total. The fraction of sp³-hybridized carbons (Fsp3) is 0.875. The Morgan fingerprint density at radius 1 is 1.18 bits per heavy atom. The summed E-state index contributed by atoms with van der Waals surface area (Å²) in [4.78, 5) is 0. The van der Waals surface area contributed by atoms with Gasteiger partial charge in [-0.3, -0.25) is 0 Å². The minimum atomic E-state index is 0.421. The smallest absolute Gasteiger partial charge is 0.0105 e. The van der Waals surface area contributed by atoms with Gasteiger partial charge in [0.2, 0.25) is 0 Å². The predicted molar refractivity (Wildman–Crippen MR) is 74.8 cm³/mol. The number of hydrogen-bond donors (Lipinski definition) is 1. The lowest BCUT2D eigenvalue weighted by Crippen LogP contribution is -2.35. The highest BCUT2D eigenvalue weighted by molar-refractivity contribution is 5.07. The topological polar surface area (TPSA) is 26.0 Å². The van der Waals surface area contributed by atoms with Gasteiger partial charge in [-0.25, -0.2) is 0 Å². The molecule has 3 unspecified atom stereocenters. The van der Waals surface area contributed by atoms with E-state index in [1.54, 1.807) is 5.57 Å². The van der Waals surface area contributed by atoms with E-state index in [1.165, 1.54) is 51.4 Å². The van der Waals surface area contributed by atoms with Crippen molar-refractivity contribution in [2.75, 3.05) is 0 Å². The van der Waals surface area contributed by atoms with Gasteiger partial charge in [0.15, 0.2) is 0 Å². The Hall–Kier alpha value is -0.300. The van der Waals surface area contributed by atoms with E-state index >= 15 is 0 Å². The zero-order valence-electron chi connectivity index (χ0n) is 11.6. The van der Waals surface area contributed by atoms with Crippen molar-refractivity contribution in [2.24, 2.45) is 23.5 Å². The van der Waals surface area contributed by atoms with Gasteiger partial charge in [0.05, 0.1) is 0 Å². The summed E-state index contributed by atoms with van der Waals surface area (Å²) < 4.78 is 0. The molecule has 0 aromatic carbocycles. The van der Waals surface area contributed by atoms with Gasteiger partial charge >= 0.3 is 0 Å². The number of rotatable bonds is 3. The highest BCUT2D eigenvalue weighted by Gasteiger charge is 2.28. The van der Waals surface area contributed by atoms with Crippen LogP contribution in [0.4, 0.5) is 0 Å². The maximum atomic E-state index is 6.46. The molecule has 0 saturated heterocycles. The van der Waals surface area contributed by atoms with E-state index in [1.807, 2.05) is 0 Å². The van der Waals surface area contributed by atoms with Crippen molar-refractivity contribution in [3.8, 4) is 0 Å². The van der Waals surface area contributed by atoms with Crippen LogP contribution in [0.1, 0.15) is 65.2 Å². The van der Waals surface area contributed by atoms with Crippen molar-refractivity contribution in [3.05, 3.63) is 11.6 Å². The van der Waals surface area contributed by atoms with Gasteiger partial charge in [-0.1, -0.05) is 25.5 Å². The molecule has 3 atom stereocenters. The van der Waals surface area contributed by atoms with Crippen molar-refractivity contribution in [2.45, 2.75) is 71.3 Å². The lowest BCUT2D eigenvalue weighted by molar-refractivity contribution is 0.191. The molecule has 2 rings (SSSR count). The van der Waals surface area contributed by atoms with E-state index in [4.69, 9.17) is 5.73 Å². The van der Waals surface area contributed by atoms with Crippen LogP contribution in [0, 0.1) is 17.8 Å². The average molecular weight is 235 g/mol. The summed E-state index contributed by atoms with van der Waals surface area (Å²) in [5.41, 5.74) is 8.11. The van der Waals surface area contributed by atoms with Gasteiger partial charge < -0.3 is 5.73 Å². The van der Waals surface area contributed by atoms with Crippen LogP contribution in [0.2, 0.25) is 0 Å². The second kappa shape index (κ2) is 6.04. The lowest BCUT2D eigenvalue weighted by Gasteiger charge is -2.35. The highest BCUT2D eigenvalue weighted by atomic mass is 14.7. The molecule has 98 valence electrons. The van der Waals surface area contributed by atoms with Crippen LogP contribution in [0.25, 0.3) is 0 Å². The summed E-state index contributed by atoms with van der Waals surface area (Å²) in [6.07, 6.45) is 13.1. The maximum absolute atomic E-state index is 6.46. The average Bonchev–Trinajstić information content (AvgIpc) is 2.29. The maximum Gasteiger partial charge on any atom is 0.0105 e. The molecule has 1 heteroatoms. The Morgan fingerprint density at radius 2 is 1.88 bits per heavy atom. The van der Waals surface area contributed by atoms with Crippen molar-refractivity contribution in [3.63, 3.8) is 0 Å². The van der Waals surface area contributed by atoms with Crippen LogP contribution < -0.4 is 5.73 Å². The van der Waals surface area contributed by atoms with Gasteiger partial charge in [0.1, 0.15) is 0 Å². The third kappa shape index (κ3) is 3.84. The monoisotopic (exact) mass is 235 g/mol. The second-order valence-electron chi connectivity index (χ2n) is 6.65. The van der Waals surface area contributed by atoms with Gasteiger partial charge in [0, 0.05) is 6.04 Å². The molecule has 0 aromatic rings. The molecule has 0 aromatic heterocycles. The minimum absolute atomic E-state index is 0.421. The Morgan fingerprint density at radius 3 is 2.47 bits per heavy atom. The van der Waals surface area contributed by atoms with E-state index in [-0.39, 0.29) is 0 Å². The predicted octanol–water partition coefficient (Wildman–Crippen LogP) is 4.28. The van der Waals surface area contributed by atoms with Crippen molar-refractivity contribution >= 4 is 0 Å². The molecule has 0 aliphatic heterocycles. The fourth-order valence-electron chi connectivity index (χ4n) is 3.92. The van der Waals surface area contributed by atoms with Crippen LogP contribution in [-0.4, -0.2) is 6.04 Å². The number of nitrogens with two attached hydrogens (primary N) is 1. The Kier molecular flexibility index (Phi) is 4.67. The SMILES string of the molecule is CC1CC(C)CC(C(N)CC2=CCCCC2)C1. The van der Waals surface area contributed by atoms with Crippen LogP contribution >= 0.6 is 0 Å². The third-order valence-electron chi connectivity index (χ3n) is 4.70. The van der Waals surface area contributed by atoms with Crippen LogP contribution in [0.3, 0.4) is 0 Å². The van der Waals surface area contributed by atoms with Gasteiger partial charge in [-0.2, -0.15) is 0 Å². The summed E-state index contributed by atoms with van der Waals surface area (Å²) in [6.45, 7) is 4.80. The molecular weight excluding hydrogens is 206 g/mol. The third-order valence-corrected chi connectivity index (χ3v) is 4.70. The minimum Gasteiger partial charge on any atom is -0.327 e. The first-order valence-corrected chi connectivity index (χ1v) is 7.58. The molecule has 17 heavy (non-hydrogen) atoms. The van der Waals surface area contributed by atoms with Crippen LogP contribution in [0.5, 0.6) is 0 Å². The molecule has 2 aliphatic rings. The zero-order chi connectivity index (χ0) is 12.3. The van der Waals surface area contributed by atoms with Crippen LogP contribution in [0.15, 0.2) is 11.6 Å². The van der Waals surface area contributed by atoms with Crippen molar-refractivity contribution in [1.82, 2.24) is 0 Å². The normalized spacial score (nSPS) is 36.4. The van der Waals surface area contributed by atoms with E-state index in [0.717, 1.165) is 17.8 Å².